The van der Waals surface area contributed by atoms with Crippen molar-refractivity contribution in [2.24, 2.45) is 0 Å². The Morgan fingerprint density at radius 3 is 2.59 bits per heavy atom. The summed E-state index contributed by atoms with van der Waals surface area (Å²) in [7, 11) is 0. The van der Waals surface area contributed by atoms with Gasteiger partial charge in [0.25, 0.3) is 0 Å². The zero-order valence-corrected chi connectivity index (χ0v) is 15.8. The molecule has 1 aromatic heterocycles. The average Bonchev–Trinajstić information content (AvgIpc) is 2.70. The van der Waals surface area contributed by atoms with Crippen LogP contribution < -0.4 is 5.63 Å². The van der Waals surface area contributed by atoms with Gasteiger partial charge in [0, 0.05) is 17.0 Å². The van der Waals surface area contributed by atoms with Crippen molar-refractivity contribution in [3.63, 3.8) is 0 Å². The number of allylic oxidation sites excluding steroid dienone is 1. The smallest absolute Gasteiger partial charge is 0.336 e. The Bertz CT molecular complexity index is 933. The van der Waals surface area contributed by atoms with E-state index in [0.717, 1.165) is 5.57 Å². The molecular weight excluding hydrogens is 384 g/mol. The Labute approximate surface area is 166 Å². The van der Waals surface area contributed by atoms with E-state index in [4.69, 9.17) is 13.9 Å². The number of aromatic hydroxyl groups is 1. The van der Waals surface area contributed by atoms with E-state index in [1.807, 2.05) is 0 Å². The third kappa shape index (κ3) is 4.67. The summed E-state index contributed by atoms with van der Waals surface area (Å²) < 4.78 is 16.0. The molecule has 0 saturated carbocycles. The van der Waals surface area contributed by atoms with Gasteiger partial charge in [-0.3, -0.25) is 0 Å². The molecule has 9 heteroatoms. The van der Waals surface area contributed by atoms with Gasteiger partial charge >= 0.3 is 5.63 Å². The van der Waals surface area contributed by atoms with Gasteiger partial charge in [-0.2, -0.15) is 0 Å². The quantitative estimate of drug-likeness (QED) is 0.323. The summed E-state index contributed by atoms with van der Waals surface area (Å²) in [4.78, 5) is 11.5. The molecule has 29 heavy (non-hydrogen) atoms. The van der Waals surface area contributed by atoms with Gasteiger partial charge in [-0.25, -0.2) is 4.79 Å². The maximum Gasteiger partial charge on any atom is 0.336 e. The fourth-order valence-electron chi connectivity index (χ4n) is 3.13. The van der Waals surface area contributed by atoms with Gasteiger partial charge in [-0.1, -0.05) is 11.6 Å². The molecule has 158 valence electrons. The third-order valence-corrected chi connectivity index (χ3v) is 4.85. The third-order valence-electron chi connectivity index (χ3n) is 4.85. The molecule has 2 heterocycles. The average molecular weight is 408 g/mol. The molecule has 5 unspecified atom stereocenters. The summed E-state index contributed by atoms with van der Waals surface area (Å²) >= 11 is 0. The molecule has 1 aliphatic heterocycles. The molecule has 0 spiro atoms. The van der Waals surface area contributed by atoms with Gasteiger partial charge in [0.1, 0.15) is 35.7 Å². The van der Waals surface area contributed by atoms with Crippen LogP contribution >= 0.6 is 0 Å². The molecule has 1 aliphatic rings. The van der Waals surface area contributed by atoms with Crippen LogP contribution in [0.4, 0.5) is 0 Å². The van der Waals surface area contributed by atoms with Crippen molar-refractivity contribution in [1.29, 1.82) is 0 Å². The molecule has 5 N–H and O–H groups in total. The second kappa shape index (κ2) is 9.04. The molecule has 0 amide bonds. The predicted molar refractivity (Wildman–Crippen MR) is 101 cm³/mol. The lowest BCUT2D eigenvalue weighted by Gasteiger charge is -2.39. The Hall–Kier alpha value is -2.27. The first-order valence-electron chi connectivity index (χ1n) is 9.14. The maximum atomic E-state index is 11.5. The topological polar surface area (TPSA) is 150 Å². The van der Waals surface area contributed by atoms with Crippen LogP contribution in [-0.2, 0) is 15.9 Å². The van der Waals surface area contributed by atoms with E-state index in [-0.39, 0.29) is 18.8 Å². The number of phenolic OH excluding ortho intramolecular Hbond substituents is 1. The molecule has 0 bridgehead atoms. The van der Waals surface area contributed by atoms with Crippen LogP contribution in [0, 0.1) is 0 Å². The number of fused-ring (bicyclic) bond motifs is 1. The fourth-order valence-corrected chi connectivity index (χ4v) is 3.13. The number of benzene rings is 1. The van der Waals surface area contributed by atoms with Crippen LogP contribution in [0.2, 0.25) is 0 Å². The van der Waals surface area contributed by atoms with Crippen LogP contribution in [0.1, 0.15) is 12.5 Å². The van der Waals surface area contributed by atoms with Gasteiger partial charge < -0.3 is 39.4 Å². The number of aliphatic hydroxyl groups is 4. The highest BCUT2D eigenvalue weighted by atomic mass is 16.7. The summed E-state index contributed by atoms with van der Waals surface area (Å²) in [5, 5.41) is 49.6. The van der Waals surface area contributed by atoms with Crippen LogP contribution in [0.15, 0.2) is 45.1 Å². The molecule has 1 fully saturated rings. The zero-order chi connectivity index (χ0) is 21.1. The molecule has 0 aliphatic carbocycles. The van der Waals surface area contributed by atoms with Crippen molar-refractivity contribution in [3.8, 4) is 5.75 Å². The second-order valence-corrected chi connectivity index (χ2v) is 7.00. The molecule has 1 saturated heterocycles. The SMILES string of the molecule is CC(=CCc1c(O)ccc2ccc(=O)oc12)COC1OC(CO)C(O)C(O)C1O. The Morgan fingerprint density at radius 1 is 1.14 bits per heavy atom. The number of phenols is 1. The number of aliphatic hydroxyl groups excluding tert-OH is 4. The highest BCUT2D eigenvalue weighted by Crippen LogP contribution is 2.27. The first kappa shape index (κ1) is 21.4. The van der Waals surface area contributed by atoms with Gasteiger partial charge in [0.15, 0.2) is 6.29 Å². The summed E-state index contributed by atoms with van der Waals surface area (Å²) in [5.41, 5.74) is 0.955. The summed E-state index contributed by atoms with van der Waals surface area (Å²) in [6, 6.07) is 6.09. The van der Waals surface area contributed by atoms with Crippen LogP contribution in [0.5, 0.6) is 5.75 Å². The second-order valence-electron chi connectivity index (χ2n) is 7.00. The molecular formula is C20H24O9. The summed E-state index contributed by atoms with van der Waals surface area (Å²) in [6.45, 7) is 1.24. The first-order chi connectivity index (χ1) is 13.8. The number of hydrogen-bond acceptors (Lipinski definition) is 9. The zero-order valence-electron chi connectivity index (χ0n) is 15.8. The molecule has 0 radical (unpaired) electrons. The van der Waals surface area contributed by atoms with Crippen molar-refractivity contribution in [1.82, 2.24) is 0 Å². The van der Waals surface area contributed by atoms with E-state index >= 15 is 0 Å². The van der Waals surface area contributed by atoms with E-state index in [2.05, 4.69) is 0 Å². The largest absolute Gasteiger partial charge is 0.508 e. The van der Waals surface area contributed by atoms with Crippen molar-refractivity contribution in [2.45, 2.75) is 44.1 Å². The normalized spacial score (nSPS) is 28.0. The highest BCUT2D eigenvalue weighted by molar-refractivity contribution is 5.82. The van der Waals surface area contributed by atoms with Crippen molar-refractivity contribution < 1.29 is 39.4 Å². The van der Waals surface area contributed by atoms with E-state index < -0.39 is 42.9 Å². The Morgan fingerprint density at radius 2 is 1.86 bits per heavy atom. The van der Waals surface area contributed by atoms with Gasteiger partial charge in [0.2, 0.25) is 0 Å². The van der Waals surface area contributed by atoms with Crippen molar-refractivity contribution in [3.05, 3.63) is 51.9 Å². The Kier molecular flexibility index (Phi) is 6.68. The minimum atomic E-state index is -1.51. The maximum absolute atomic E-state index is 11.5. The fraction of sp³-hybridized carbons (Fsp3) is 0.450. The van der Waals surface area contributed by atoms with Gasteiger partial charge in [-0.05, 0) is 31.5 Å². The predicted octanol–water partition coefficient (Wildman–Crippen LogP) is -0.196. The van der Waals surface area contributed by atoms with Crippen LogP contribution in [0.25, 0.3) is 11.0 Å². The van der Waals surface area contributed by atoms with E-state index in [0.29, 0.717) is 16.5 Å². The minimum absolute atomic E-state index is 0.00856. The number of rotatable bonds is 6. The van der Waals surface area contributed by atoms with Crippen molar-refractivity contribution in [2.75, 3.05) is 13.2 Å². The van der Waals surface area contributed by atoms with Gasteiger partial charge in [-0.15, -0.1) is 0 Å². The van der Waals surface area contributed by atoms with E-state index in [1.54, 1.807) is 25.1 Å². The standard InChI is InChI=1S/C20H24O9/c1-10(9-27-20-18(26)17(25)16(24)14(8-21)28-20)2-5-12-13(22)6-3-11-4-7-15(23)29-19(11)12/h2-4,6-7,14,16-18,20-22,24-26H,5,8-9H2,1H3. The van der Waals surface area contributed by atoms with Crippen LogP contribution in [-0.4, -0.2) is 69.5 Å². The minimum Gasteiger partial charge on any atom is -0.508 e. The summed E-state index contributed by atoms with van der Waals surface area (Å²) in [6.07, 6.45) is -4.68. The number of ether oxygens (including phenoxy) is 2. The van der Waals surface area contributed by atoms with Crippen LogP contribution in [0.3, 0.4) is 0 Å². The lowest BCUT2D eigenvalue weighted by atomic mass is 9.99. The molecule has 5 atom stereocenters. The molecule has 9 nitrogen and oxygen atoms in total. The molecule has 1 aromatic carbocycles. The molecule has 3 rings (SSSR count). The van der Waals surface area contributed by atoms with E-state index in [9.17, 15) is 30.3 Å². The van der Waals surface area contributed by atoms with E-state index in [1.165, 1.54) is 12.1 Å². The molecule has 2 aromatic rings. The Balaban J connectivity index is 1.68. The monoisotopic (exact) mass is 408 g/mol. The van der Waals surface area contributed by atoms with Crippen molar-refractivity contribution >= 4 is 11.0 Å². The first-order valence-corrected chi connectivity index (χ1v) is 9.14. The lowest BCUT2D eigenvalue weighted by molar-refractivity contribution is -0.299. The van der Waals surface area contributed by atoms with Gasteiger partial charge in [0.05, 0.1) is 13.2 Å². The lowest BCUT2D eigenvalue weighted by Crippen LogP contribution is -2.59. The number of hydrogen-bond donors (Lipinski definition) is 5. The highest BCUT2D eigenvalue weighted by Gasteiger charge is 2.43. The summed E-state index contributed by atoms with van der Waals surface area (Å²) in [5.74, 6) is -0.00856.